The average molecular weight is 221 g/mol. The summed E-state index contributed by atoms with van der Waals surface area (Å²) in [6.45, 7) is 4.78. The van der Waals surface area contributed by atoms with Gasteiger partial charge in [-0.3, -0.25) is 0 Å². The lowest BCUT2D eigenvalue weighted by atomic mass is 10.3. The van der Waals surface area contributed by atoms with Gasteiger partial charge in [0, 0.05) is 6.20 Å². The molecule has 0 aromatic carbocycles. The van der Waals surface area contributed by atoms with Gasteiger partial charge in [-0.05, 0) is 19.9 Å². The summed E-state index contributed by atoms with van der Waals surface area (Å²) in [5, 5.41) is 8.62. The zero-order valence-electron chi connectivity index (χ0n) is 9.43. The summed E-state index contributed by atoms with van der Waals surface area (Å²) in [7, 11) is 0. The Bertz CT molecular complexity index is 385. The summed E-state index contributed by atoms with van der Waals surface area (Å²) in [6.07, 6.45) is 1.60. The molecule has 0 bridgehead atoms. The second-order valence-electron chi connectivity index (χ2n) is 3.50. The molecule has 0 atom stereocenters. The van der Waals surface area contributed by atoms with E-state index in [0.29, 0.717) is 30.3 Å². The van der Waals surface area contributed by atoms with E-state index in [0.717, 1.165) is 0 Å². The molecule has 16 heavy (non-hydrogen) atoms. The highest BCUT2D eigenvalue weighted by atomic mass is 16.5. The van der Waals surface area contributed by atoms with E-state index in [1.54, 1.807) is 0 Å². The number of hydrogen-bond acceptors (Lipinski definition) is 5. The van der Waals surface area contributed by atoms with E-state index in [9.17, 15) is 0 Å². The molecule has 0 saturated heterocycles. The highest BCUT2D eigenvalue weighted by molar-refractivity contribution is 5.51. The van der Waals surface area contributed by atoms with Crippen molar-refractivity contribution in [1.82, 2.24) is 4.98 Å². The smallest absolute Gasteiger partial charge is 0.237 e. The van der Waals surface area contributed by atoms with Gasteiger partial charge in [-0.25, -0.2) is 4.98 Å². The largest absolute Gasteiger partial charge is 0.474 e. The van der Waals surface area contributed by atoms with Crippen LogP contribution in [0.4, 0.5) is 5.69 Å². The second-order valence-corrected chi connectivity index (χ2v) is 3.50. The van der Waals surface area contributed by atoms with Crippen LogP contribution in [0.3, 0.4) is 0 Å². The third-order valence-electron chi connectivity index (χ3n) is 1.78. The molecular formula is C11H15N3O2. The van der Waals surface area contributed by atoms with Gasteiger partial charge in [0.25, 0.3) is 0 Å². The molecule has 1 aromatic rings. The van der Waals surface area contributed by atoms with Crippen molar-refractivity contribution in [3.8, 4) is 11.9 Å². The number of nitriles is 1. The van der Waals surface area contributed by atoms with Crippen LogP contribution in [0.15, 0.2) is 12.3 Å². The van der Waals surface area contributed by atoms with Crippen molar-refractivity contribution >= 4 is 5.69 Å². The van der Waals surface area contributed by atoms with Gasteiger partial charge < -0.3 is 15.2 Å². The van der Waals surface area contributed by atoms with Crippen molar-refractivity contribution in [2.45, 2.75) is 20.0 Å². The Hall–Kier alpha value is -1.80. The number of nitrogens with zero attached hydrogens (tertiary/aromatic N) is 2. The highest BCUT2D eigenvalue weighted by Gasteiger charge is 2.03. The van der Waals surface area contributed by atoms with Crippen LogP contribution in [0.5, 0.6) is 5.88 Å². The molecule has 0 unspecified atom stereocenters. The number of rotatable bonds is 5. The quantitative estimate of drug-likeness (QED) is 0.759. The molecule has 1 aromatic heterocycles. The molecule has 0 amide bonds. The first kappa shape index (κ1) is 12.3. The van der Waals surface area contributed by atoms with Crippen LogP contribution in [0.1, 0.15) is 19.4 Å². The molecule has 1 heterocycles. The molecule has 5 heteroatoms. The Balaban J connectivity index is 2.46. The van der Waals surface area contributed by atoms with E-state index in [1.807, 2.05) is 19.9 Å². The van der Waals surface area contributed by atoms with Gasteiger partial charge in [0.05, 0.1) is 24.0 Å². The summed E-state index contributed by atoms with van der Waals surface area (Å²) in [5.41, 5.74) is 6.44. The maximum absolute atomic E-state index is 8.62. The van der Waals surface area contributed by atoms with Crippen LogP contribution in [0.25, 0.3) is 0 Å². The predicted molar refractivity (Wildman–Crippen MR) is 59.9 cm³/mol. The van der Waals surface area contributed by atoms with Crippen molar-refractivity contribution in [2.75, 3.05) is 18.9 Å². The van der Waals surface area contributed by atoms with Crippen LogP contribution in [-0.4, -0.2) is 24.3 Å². The van der Waals surface area contributed by atoms with Gasteiger partial charge in [0.15, 0.2) is 0 Å². The Morgan fingerprint density at radius 1 is 1.50 bits per heavy atom. The molecule has 1 rings (SSSR count). The molecule has 0 saturated carbocycles. The lowest BCUT2D eigenvalue weighted by Gasteiger charge is -2.09. The first-order valence-corrected chi connectivity index (χ1v) is 5.03. The van der Waals surface area contributed by atoms with Gasteiger partial charge in [0.2, 0.25) is 5.88 Å². The minimum absolute atomic E-state index is 0.176. The SMILES string of the molecule is CC(C)OCCOc1ncc(C#N)cc1N. The van der Waals surface area contributed by atoms with Crippen LogP contribution >= 0.6 is 0 Å². The third-order valence-corrected chi connectivity index (χ3v) is 1.78. The molecule has 5 nitrogen and oxygen atoms in total. The second kappa shape index (κ2) is 5.93. The molecule has 0 radical (unpaired) electrons. The van der Waals surface area contributed by atoms with Crippen molar-refractivity contribution < 1.29 is 9.47 Å². The van der Waals surface area contributed by atoms with E-state index in [2.05, 4.69) is 4.98 Å². The van der Waals surface area contributed by atoms with Crippen molar-refractivity contribution in [3.05, 3.63) is 17.8 Å². The van der Waals surface area contributed by atoms with E-state index >= 15 is 0 Å². The summed E-state index contributed by atoms with van der Waals surface area (Å²) >= 11 is 0. The van der Waals surface area contributed by atoms with Crippen LogP contribution in [-0.2, 0) is 4.74 Å². The number of nitrogens with two attached hydrogens (primary N) is 1. The average Bonchev–Trinajstić information content (AvgIpc) is 2.25. The molecular weight excluding hydrogens is 206 g/mol. The minimum Gasteiger partial charge on any atom is -0.474 e. The fourth-order valence-corrected chi connectivity index (χ4v) is 1.07. The topological polar surface area (TPSA) is 81.2 Å². The molecule has 86 valence electrons. The monoisotopic (exact) mass is 221 g/mol. The molecule has 0 spiro atoms. The van der Waals surface area contributed by atoms with Crippen molar-refractivity contribution in [1.29, 1.82) is 5.26 Å². The van der Waals surface area contributed by atoms with Gasteiger partial charge in [0.1, 0.15) is 12.7 Å². The Morgan fingerprint density at radius 3 is 2.81 bits per heavy atom. The van der Waals surface area contributed by atoms with Crippen molar-refractivity contribution in [3.63, 3.8) is 0 Å². The number of hydrogen-bond donors (Lipinski definition) is 1. The minimum atomic E-state index is 0.176. The van der Waals surface area contributed by atoms with Crippen LogP contribution < -0.4 is 10.5 Å². The number of ether oxygens (including phenoxy) is 2. The normalized spacial score (nSPS) is 10.1. The standard InChI is InChI=1S/C11H15N3O2/c1-8(2)15-3-4-16-11-10(13)5-9(6-12)7-14-11/h5,7-8H,3-4,13H2,1-2H3. The van der Waals surface area contributed by atoms with Crippen molar-refractivity contribution in [2.24, 2.45) is 0 Å². The summed E-state index contributed by atoms with van der Waals surface area (Å²) < 4.78 is 10.6. The maximum Gasteiger partial charge on any atom is 0.237 e. The van der Waals surface area contributed by atoms with Gasteiger partial charge in [-0.1, -0.05) is 0 Å². The summed E-state index contributed by atoms with van der Waals surface area (Å²) in [5.74, 6) is 0.339. The fourth-order valence-electron chi connectivity index (χ4n) is 1.07. The number of nitrogen functional groups attached to an aromatic ring is 1. The Labute approximate surface area is 94.8 Å². The van der Waals surface area contributed by atoms with Crippen LogP contribution in [0, 0.1) is 11.3 Å². The highest BCUT2D eigenvalue weighted by Crippen LogP contribution is 2.18. The molecule has 0 aliphatic heterocycles. The fraction of sp³-hybridized carbons (Fsp3) is 0.455. The van der Waals surface area contributed by atoms with E-state index < -0.39 is 0 Å². The maximum atomic E-state index is 8.62. The zero-order chi connectivity index (χ0) is 12.0. The van der Waals surface area contributed by atoms with E-state index in [-0.39, 0.29) is 6.10 Å². The van der Waals surface area contributed by atoms with Gasteiger partial charge in [-0.15, -0.1) is 0 Å². The number of aromatic nitrogens is 1. The lowest BCUT2D eigenvalue weighted by molar-refractivity contribution is 0.0544. The molecule has 0 aliphatic rings. The Kier molecular flexibility index (Phi) is 4.55. The van der Waals surface area contributed by atoms with Crippen LogP contribution in [0.2, 0.25) is 0 Å². The molecule has 2 N–H and O–H groups in total. The first-order valence-electron chi connectivity index (χ1n) is 5.03. The zero-order valence-corrected chi connectivity index (χ0v) is 9.43. The van der Waals surface area contributed by atoms with Gasteiger partial charge in [-0.2, -0.15) is 5.26 Å². The van der Waals surface area contributed by atoms with Gasteiger partial charge >= 0.3 is 0 Å². The summed E-state index contributed by atoms with van der Waals surface area (Å²) in [6, 6.07) is 3.49. The Morgan fingerprint density at radius 2 is 2.25 bits per heavy atom. The first-order chi connectivity index (χ1) is 7.63. The molecule has 0 fully saturated rings. The third kappa shape index (κ3) is 3.75. The van der Waals surface area contributed by atoms with E-state index in [4.69, 9.17) is 20.5 Å². The molecule has 0 aliphatic carbocycles. The number of anilines is 1. The predicted octanol–water partition coefficient (Wildman–Crippen LogP) is 1.34. The summed E-state index contributed by atoms with van der Waals surface area (Å²) in [4.78, 5) is 3.94. The number of pyridine rings is 1. The lowest BCUT2D eigenvalue weighted by Crippen LogP contribution is -2.12. The van der Waals surface area contributed by atoms with E-state index in [1.165, 1.54) is 12.3 Å².